The summed E-state index contributed by atoms with van der Waals surface area (Å²) in [6.07, 6.45) is 0. The maximum absolute atomic E-state index is 13.3. The monoisotopic (exact) mass is 248 g/mol. The molecule has 1 aromatic carbocycles. The topological polar surface area (TPSA) is 47.3 Å². The van der Waals surface area contributed by atoms with Crippen LogP contribution >= 0.6 is 15.9 Å². The Hall–Kier alpha value is -0.650. The van der Waals surface area contributed by atoms with E-state index >= 15 is 0 Å². The fourth-order valence-corrected chi connectivity index (χ4v) is 1.44. The molecule has 0 radical (unpaired) electrons. The highest BCUT2D eigenvalue weighted by Gasteiger charge is 2.09. The molecule has 0 saturated carbocycles. The Balaban J connectivity index is 3.13. The van der Waals surface area contributed by atoms with Crippen LogP contribution in [0.3, 0.4) is 0 Å². The highest BCUT2D eigenvalue weighted by molar-refractivity contribution is 9.10. The first-order valence-electron chi connectivity index (χ1n) is 3.64. The number of rotatable bonds is 3. The van der Waals surface area contributed by atoms with Gasteiger partial charge in [0.15, 0.2) is 0 Å². The van der Waals surface area contributed by atoms with Crippen LogP contribution in [0.5, 0.6) is 5.75 Å². The van der Waals surface area contributed by atoms with E-state index in [2.05, 4.69) is 21.4 Å². The minimum atomic E-state index is -0.343. The Morgan fingerprint density at radius 3 is 2.85 bits per heavy atom. The summed E-state index contributed by atoms with van der Waals surface area (Å²) in [6, 6.07) is 3.06. The molecule has 0 heterocycles. The quantitative estimate of drug-likeness (QED) is 0.631. The molecule has 0 spiro atoms. The maximum Gasteiger partial charge on any atom is 0.132 e. The fourth-order valence-electron chi connectivity index (χ4n) is 1.04. The number of halogens is 2. The highest BCUT2D eigenvalue weighted by atomic mass is 79.9. The lowest BCUT2D eigenvalue weighted by Gasteiger charge is -2.09. The molecule has 0 aromatic heterocycles. The summed E-state index contributed by atoms with van der Waals surface area (Å²) in [6.45, 7) is 0.238. The van der Waals surface area contributed by atoms with Crippen molar-refractivity contribution in [3.05, 3.63) is 28.0 Å². The van der Waals surface area contributed by atoms with Crippen molar-refractivity contribution in [3.63, 3.8) is 0 Å². The van der Waals surface area contributed by atoms with Gasteiger partial charge < -0.3 is 4.74 Å². The normalized spacial score (nSPS) is 10.2. The van der Waals surface area contributed by atoms with Gasteiger partial charge in [-0.25, -0.2) is 4.39 Å². The largest absolute Gasteiger partial charge is 0.496 e. The van der Waals surface area contributed by atoms with Crippen molar-refractivity contribution in [1.82, 2.24) is 5.43 Å². The molecule has 5 heteroatoms. The van der Waals surface area contributed by atoms with E-state index in [1.54, 1.807) is 6.07 Å². The minimum Gasteiger partial charge on any atom is -0.496 e. The van der Waals surface area contributed by atoms with Gasteiger partial charge in [0.05, 0.1) is 7.11 Å². The number of nitrogens with two attached hydrogens (primary N) is 1. The van der Waals surface area contributed by atoms with Crippen molar-refractivity contribution in [1.29, 1.82) is 0 Å². The average molecular weight is 249 g/mol. The van der Waals surface area contributed by atoms with Gasteiger partial charge in [-0.05, 0) is 12.1 Å². The van der Waals surface area contributed by atoms with Crippen LogP contribution in [0.1, 0.15) is 5.56 Å². The van der Waals surface area contributed by atoms with Crippen molar-refractivity contribution in [2.24, 2.45) is 5.84 Å². The van der Waals surface area contributed by atoms with E-state index < -0.39 is 0 Å². The van der Waals surface area contributed by atoms with Crippen LogP contribution in [0.15, 0.2) is 16.6 Å². The van der Waals surface area contributed by atoms with Crippen LogP contribution in [-0.4, -0.2) is 7.11 Å². The predicted octanol–water partition coefficient (Wildman–Crippen LogP) is 1.56. The standard InChI is InChI=1S/C8H10BrFN2O/c1-13-8-3-5(9)2-7(10)6(8)4-12-11/h2-3,12H,4,11H2,1H3. The Morgan fingerprint density at radius 2 is 2.31 bits per heavy atom. The number of hydrogen-bond acceptors (Lipinski definition) is 3. The number of hydrogen-bond donors (Lipinski definition) is 2. The predicted molar refractivity (Wildman–Crippen MR) is 51.7 cm³/mol. The van der Waals surface area contributed by atoms with E-state index in [0.29, 0.717) is 15.8 Å². The number of nitrogens with one attached hydrogen (secondary N) is 1. The van der Waals surface area contributed by atoms with Crippen LogP contribution in [0.25, 0.3) is 0 Å². The van der Waals surface area contributed by atoms with E-state index in [9.17, 15) is 4.39 Å². The van der Waals surface area contributed by atoms with E-state index in [-0.39, 0.29) is 12.4 Å². The van der Waals surface area contributed by atoms with Gasteiger partial charge in [-0.15, -0.1) is 0 Å². The van der Waals surface area contributed by atoms with Crippen LogP contribution < -0.4 is 16.0 Å². The number of ether oxygens (including phenoxy) is 1. The molecule has 13 heavy (non-hydrogen) atoms. The summed E-state index contributed by atoms with van der Waals surface area (Å²) >= 11 is 3.17. The first-order valence-corrected chi connectivity index (χ1v) is 4.43. The van der Waals surface area contributed by atoms with E-state index in [1.807, 2.05) is 0 Å². The van der Waals surface area contributed by atoms with Gasteiger partial charge >= 0.3 is 0 Å². The number of benzene rings is 1. The molecular weight excluding hydrogens is 239 g/mol. The molecule has 1 aromatic rings. The Morgan fingerprint density at radius 1 is 1.62 bits per heavy atom. The number of methoxy groups -OCH3 is 1. The SMILES string of the molecule is COc1cc(Br)cc(F)c1CNN. The van der Waals surface area contributed by atoms with E-state index in [0.717, 1.165) is 0 Å². The third kappa shape index (κ3) is 2.40. The molecular formula is C8H10BrFN2O. The number of hydrazine groups is 1. The molecule has 0 aliphatic rings. The van der Waals surface area contributed by atoms with Crippen molar-refractivity contribution < 1.29 is 9.13 Å². The van der Waals surface area contributed by atoms with Crippen LogP contribution in [0.2, 0.25) is 0 Å². The van der Waals surface area contributed by atoms with Gasteiger partial charge in [-0.3, -0.25) is 11.3 Å². The first-order chi connectivity index (χ1) is 6.19. The third-order valence-electron chi connectivity index (χ3n) is 1.62. The van der Waals surface area contributed by atoms with Gasteiger partial charge in [0.2, 0.25) is 0 Å². The summed E-state index contributed by atoms with van der Waals surface area (Å²) in [5.41, 5.74) is 2.81. The van der Waals surface area contributed by atoms with Gasteiger partial charge in [0.1, 0.15) is 11.6 Å². The summed E-state index contributed by atoms with van der Waals surface area (Å²) < 4.78 is 18.9. The minimum absolute atomic E-state index is 0.238. The van der Waals surface area contributed by atoms with Crippen LogP contribution in [0.4, 0.5) is 4.39 Å². The molecule has 3 nitrogen and oxygen atoms in total. The molecule has 0 unspecified atom stereocenters. The summed E-state index contributed by atoms with van der Waals surface area (Å²) in [5, 5.41) is 0. The Kier molecular flexibility index (Phi) is 3.65. The lowest BCUT2D eigenvalue weighted by molar-refractivity contribution is 0.401. The lowest BCUT2D eigenvalue weighted by Crippen LogP contribution is -2.22. The van der Waals surface area contributed by atoms with Crippen molar-refractivity contribution in [2.75, 3.05) is 7.11 Å². The Labute approximate surface area is 84.2 Å². The third-order valence-corrected chi connectivity index (χ3v) is 2.08. The fraction of sp³-hybridized carbons (Fsp3) is 0.250. The first kappa shape index (κ1) is 10.4. The van der Waals surface area contributed by atoms with Crippen molar-refractivity contribution >= 4 is 15.9 Å². The van der Waals surface area contributed by atoms with Gasteiger partial charge in [-0.2, -0.15) is 0 Å². The molecule has 1 rings (SSSR count). The zero-order valence-corrected chi connectivity index (χ0v) is 8.69. The van der Waals surface area contributed by atoms with E-state index in [1.165, 1.54) is 13.2 Å². The zero-order chi connectivity index (χ0) is 9.84. The van der Waals surface area contributed by atoms with E-state index in [4.69, 9.17) is 10.6 Å². The second-order valence-corrected chi connectivity index (χ2v) is 3.37. The van der Waals surface area contributed by atoms with Gasteiger partial charge in [0.25, 0.3) is 0 Å². The molecule has 0 aliphatic heterocycles. The lowest BCUT2D eigenvalue weighted by atomic mass is 10.2. The van der Waals surface area contributed by atoms with Crippen molar-refractivity contribution in [3.8, 4) is 5.75 Å². The Bertz CT molecular complexity index is 306. The summed E-state index contributed by atoms with van der Waals surface area (Å²) in [4.78, 5) is 0. The summed E-state index contributed by atoms with van der Waals surface area (Å²) in [5.74, 6) is 5.24. The molecule has 72 valence electrons. The zero-order valence-electron chi connectivity index (χ0n) is 7.10. The van der Waals surface area contributed by atoms with Gasteiger partial charge in [-0.1, -0.05) is 15.9 Å². The molecule has 0 saturated heterocycles. The van der Waals surface area contributed by atoms with Crippen molar-refractivity contribution in [2.45, 2.75) is 6.54 Å². The van der Waals surface area contributed by atoms with Crippen LogP contribution in [-0.2, 0) is 6.54 Å². The summed E-state index contributed by atoms with van der Waals surface area (Å²) in [7, 11) is 1.49. The molecule has 0 atom stereocenters. The van der Waals surface area contributed by atoms with Crippen LogP contribution in [0, 0.1) is 5.82 Å². The molecule has 0 fully saturated rings. The molecule has 0 bridgehead atoms. The molecule has 3 N–H and O–H groups in total. The average Bonchev–Trinajstić information content (AvgIpc) is 2.09. The molecule has 0 amide bonds. The highest BCUT2D eigenvalue weighted by Crippen LogP contribution is 2.26. The maximum atomic E-state index is 13.3. The smallest absolute Gasteiger partial charge is 0.132 e. The van der Waals surface area contributed by atoms with Gasteiger partial charge in [0, 0.05) is 16.6 Å². The molecule has 0 aliphatic carbocycles. The second kappa shape index (κ2) is 4.55. The second-order valence-electron chi connectivity index (χ2n) is 2.45.